The van der Waals surface area contributed by atoms with Crippen molar-refractivity contribution >= 4 is 34.8 Å². The molecule has 0 saturated carbocycles. The molecule has 2 heterocycles. The van der Waals surface area contributed by atoms with Crippen LogP contribution < -0.4 is 10.6 Å². The second-order valence-electron chi connectivity index (χ2n) is 5.67. The molecule has 5 heteroatoms. The first-order valence-electron chi connectivity index (χ1n) is 7.30. The van der Waals surface area contributed by atoms with Crippen LogP contribution in [0.25, 0.3) is 0 Å². The smallest absolute Gasteiger partial charge is 0.139 e. The molecule has 0 aromatic carbocycles. The summed E-state index contributed by atoms with van der Waals surface area (Å²) in [4.78, 5) is 7.69. The Labute approximate surface area is 130 Å². The molecule has 3 nitrogen and oxygen atoms in total. The highest BCUT2D eigenvalue weighted by atomic mass is 32.2. The molecule has 2 N–H and O–H groups in total. The molecular formula is C15H21N3S2. The van der Waals surface area contributed by atoms with E-state index in [9.17, 15) is 0 Å². The maximum atomic E-state index is 5.94. The fraction of sp³-hybridized carbons (Fsp3) is 0.600. The van der Waals surface area contributed by atoms with Gasteiger partial charge < -0.3 is 10.6 Å². The number of anilines is 1. The van der Waals surface area contributed by atoms with Gasteiger partial charge in [-0.25, -0.2) is 4.98 Å². The van der Waals surface area contributed by atoms with Gasteiger partial charge in [0.1, 0.15) is 10.8 Å². The molecule has 2 aliphatic rings. The molecule has 0 amide bonds. The molecule has 1 atom stereocenters. The summed E-state index contributed by atoms with van der Waals surface area (Å²) in [6.45, 7) is 0. The minimum absolute atomic E-state index is 0.471. The van der Waals surface area contributed by atoms with Crippen molar-refractivity contribution in [1.29, 1.82) is 0 Å². The van der Waals surface area contributed by atoms with Gasteiger partial charge in [-0.15, -0.1) is 0 Å². The number of aryl methyl sites for hydroxylation is 2. The maximum absolute atomic E-state index is 5.94. The number of nitrogens with zero attached hydrogens (tertiary/aromatic N) is 2. The van der Waals surface area contributed by atoms with E-state index in [1.165, 1.54) is 42.0 Å². The van der Waals surface area contributed by atoms with E-state index in [1.54, 1.807) is 0 Å². The molecule has 1 fully saturated rings. The Bertz CT molecular complexity index is 524. The van der Waals surface area contributed by atoms with Crippen LogP contribution in [0.15, 0.2) is 6.07 Å². The Morgan fingerprint density at radius 1 is 1.45 bits per heavy atom. The van der Waals surface area contributed by atoms with Crippen LogP contribution >= 0.6 is 24.0 Å². The van der Waals surface area contributed by atoms with E-state index in [-0.39, 0.29) is 0 Å². The Kier molecular flexibility index (Phi) is 4.17. The Hall–Kier alpha value is -0.810. The lowest BCUT2D eigenvalue weighted by Gasteiger charge is -2.29. The van der Waals surface area contributed by atoms with E-state index in [0.717, 1.165) is 24.2 Å². The van der Waals surface area contributed by atoms with E-state index in [1.807, 2.05) is 11.8 Å². The van der Waals surface area contributed by atoms with Crippen LogP contribution in [0.3, 0.4) is 0 Å². The summed E-state index contributed by atoms with van der Waals surface area (Å²) in [7, 11) is 2.13. The summed E-state index contributed by atoms with van der Waals surface area (Å²) in [6, 6.07) is 2.75. The highest BCUT2D eigenvalue weighted by Crippen LogP contribution is 2.30. The van der Waals surface area contributed by atoms with Gasteiger partial charge in [-0.2, -0.15) is 11.8 Å². The molecule has 0 spiro atoms. The van der Waals surface area contributed by atoms with Crippen LogP contribution in [0.4, 0.5) is 5.82 Å². The number of rotatable bonds is 3. The monoisotopic (exact) mass is 307 g/mol. The van der Waals surface area contributed by atoms with Gasteiger partial charge in [0.25, 0.3) is 0 Å². The van der Waals surface area contributed by atoms with Crippen molar-refractivity contribution in [2.75, 3.05) is 23.5 Å². The SMILES string of the molecule is CN(c1nc2c(cc1C(N)=S)CCCC2)C1CCSC1. The van der Waals surface area contributed by atoms with Gasteiger partial charge in [-0.3, -0.25) is 0 Å². The van der Waals surface area contributed by atoms with Crippen molar-refractivity contribution < 1.29 is 0 Å². The zero-order valence-corrected chi connectivity index (χ0v) is 13.5. The third-order valence-corrected chi connectivity index (χ3v) is 5.70. The summed E-state index contributed by atoms with van der Waals surface area (Å²) in [5.74, 6) is 3.40. The molecule has 20 heavy (non-hydrogen) atoms. The molecule has 1 aliphatic heterocycles. The van der Waals surface area contributed by atoms with Crippen LogP contribution in [-0.4, -0.2) is 34.6 Å². The highest BCUT2D eigenvalue weighted by molar-refractivity contribution is 7.99. The van der Waals surface area contributed by atoms with Gasteiger partial charge in [0.05, 0.1) is 5.56 Å². The molecule has 1 aliphatic carbocycles. The van der Waals surface area contributed by atoms with Crippen molar-refractivity contribution in [2.24, 2.45) is 5.73 Å². The third kappa shape index (κ3) is 2.66. The van der Waals surface area contributed by atoms with Crippen molar-refractivity contribution in [3.8, 4) is 0 Å². The number of thiocarbonyl (C=S) groups is 1. The molecule has 0 bridgehead atoms. The molecular weight excluding hydrogens is 286 g/mol. The van der Waals surface area contributed by atoms with Crippen LogP contribution in [0, 0.1) is 0 Å². The number of thioether (sulfide) groups is 1. The molecule has 1 unspecified atom stereocenters. The Balaban J connectivity index is 2.00. The second-order valence-corrected chi connectivity index (χ2v) is 7.25. The second kappa shape index (κ2) is 5.90. The minimum atomic E-state index is 0.471. The van der Waals surface area contributed by atoms with Crippen LogP contribution in [0.2, 0.25) is 0 Å². The summed E-state index contributed by atoms with van der Waals surface area (Å²) in [5, 5.41) is 0. The standard InChI is InChI=1S/C15H21N3S2/c1-18(11-6-7-20-9-11)15-12(14(16)19)8-10-4-2-3-5-13(10)17-15/h8,11H,2-7,9H2,1H3,(H2,16,19). The number of fused-ring (bicyclic) bond motifs is 1. The topological polar surface area (TPSA) is 42.2 Å². The Morgan fingerprint density at radius 2 is 2.25 bits per heavy atom. The van der Waals surface area contributed by atoms with Crippen LogP contribution in [0.1, 0.15) is 36.1 Å². The van der Waals surface area contributed by atoms with Gasteiger partial charge in [0.15, 0.2) is 0 Å². The van der Waals surface area contributed by atoms with Crippen molar-refractivity contribution in [2.45, 2.75) is 38.1 Å². The Morgan fingerprint density at radius 3 is 2.95 bits per heavy atom. The number of hydrogen-bond donors (Lipinski definition) is 1. The van der Waals surface area contributed by atoms with Crippen molar-refractivity contribution in [3.63, 3.8) is 0 Å². The van der Waals surface area contributed by atoms with E-state index in [4.69, 9.17) is 22.9 Å². The predicted octanol–water partition coefficient (Wildman–Crippen LogP) is 2.54. The lowest BCUT2D eigenvalue weighted by Crippen LogP contribution is -2.34. The first kappa shape index (κ1) is 14.1. The minimum Gasteiger partial charge on any atom is -0.389 e. The zero-order valence-electron chi connectivity index (χ0n) is 11.9. The molecule has 1 aromatic rings. The summed E-state index contributed by atoms with van der Waals surface area (Å²) >= 11 is 7.27. The van der Waals surface area contributed by atoms with Crippen LogP contribution in [-0.2, 0) is 12.8 Å². The third-order valence-electron chi connectivity index (χ3n) is 4.33. The quantitative estimate of drug-likeness (QED) is 0.869. The lowest BCUT2D eigenvalue weighted by atomic mass is 9.94. The van der Waals surface area contributed by atoms with E-state index < -0.39 is 0 Å². The summed E-state index contributed by atoms with van der Waals surface area (Å²) in [6.07, 6.45) is 5.92. The molecule has 1 aromatic heterocycles. The van der Waals surface area contributed by atoms with Crippen molar-refractivity contribution in [3.05, 3.63) is 22.9 Å². The van der Waals surface area contributed by atoms with Gasteiger partial charge in [0, 0.05) is 24.5 Å². The van der Waals surface area contributed by atoms with Crippen LogP contribution in [0.5, 0.6) is 0 Å². The highest BCUT2D eigenvalue weighted by Gasteiger charge is 2.25. The largest absolute Gasteiger partial charge is 0.389 e. The number of pyridine rings is 1. The van der Waals surface area contributed by atoms with Gasteiger partial charge in [-0.1, -0.05) is 12.2 Å². The van der Waals surface area contributed by atoms with Gasteiger partial charge in [0.2, 0.25) is 0 Å². The average Bonchev–Trinajstić information content (AvgIpc) is 2.99. The molecule has 0 radical (unpaired) electrons. The first-order chi connectivity index (χ1) is 9.66. The van der Waals surface area contributed by atoms with Gasteiger partial charge in [-0.05, 0) is 49.5 Å². The van der Waals surface area contributed by atoms with E-state index in [0.29, 0.717) is 11.0 Å². The summed E-state index contributed by atoms with van der Waals surface area (Å²) < 4.78 is 0. The predicted molar refractivity (Wildman–Crippen MR) is 90.9 cm³/mol. The van der Waals surface area contributed by atoms with E-state index >= 15 is 0 Å². The summed E-state index contributed by atoms with van der Waals surface area (Å²) in [5.41, 5.74) is 9.50. The number of hydrogen-bond acceptors (Lipinski definition) is 4. The fourth-order valence-electron chi connectivity index (χ4n) is 3.07. The molecule has 1 saturated heterocycles. The molecule has 108 valence electrons. The zero-order chi connectivity index (χ0) is 14.1. The normalized spacial score (nSPS) is 21.6. The molecule has 3 rings (SSSR count). The number of aromatic nitrogens is 1. The van der Waals surface area contributed by atoms with Gasteiger partial charge >= 0.3 is 0 Å². The average molecular weight is 307 g/mol. The first-order valence-corrected chi connectivity index (χ1v) is 8.86. The van der Waals surface area contributed by atoms with E-state index in [2.05, 4.69) is 18.0 Å². The fourth-order valence-corrected chi connectivity index (χ4v) is 4.49. The maximum Gasteiger partial charge on any atom is 0.139 e. The lowest BCUT2D eigenvalue weighted by molar-refractivity contribution is 0.654. The van der Waals surface area contributed by atoms with Crippen molar-refractivity contribution in [1.82, 2.24) is 4.98 Å². The number of nitrogens with two attached hydrogens (primary N) is 1.